The fourth-order valence-electron chi connectivity index (χ4n) is 3.80. The molecule has 0 aliphatic rings. The molecule has 2 aromatic carbocycles. The maximum absolute atomic E-state index is 13.6. The molecule has 0 spiro atoms. The number of rotatable bonds is 11. The number of halogens is 1. The van der Waals surface area contributed by atoms with E-state index in [2.05, 4.69) is 6.92 Å². The van der Waals surface area contributed by atoms with E-state index in [1.165, 1.54) is 12.1 Å². The van der Waals surface area contributed by atoms with E-state index in [0.717, 1.165) is 30.5 Å². The van der Waals surface area contributed by atoms with Gasteiger partial charge in [0.15, 0.2) is 0 Å². The second-order valence-corrected chi connectivity index (χ2v) is 7.73. The van der Waals surface area contributed by atoms with Gasteiger partial charge < -0.3 is 18.9 Å². The molecule has 0 bridgehead atoms. The largest absolute Gasteiger partial charge is 0.496 e. The molecule has 1 amide bonds. The van der Waals surface area contributed by atoms with E-state index >= 15 is 0 Å². The Morgan fingerprint density at radius 3 is 2.38 bits per heavy atom. The molecule has 32 heavy (non-hydrogen) atoms. The van der Waals surface area contributed by atoms with Gasteiger partial charge in [-0.1, -0.05) is 38.0 Å². The van der Waals surface area contributed by atoms with Gasteiger partial charge in [0.2, 0.25) is 0 Å². The third-order valence-corrected chi connectivity index (χ3v) is 5.48. The molecular weight excluding hydrogens is 407 g/mol. The van der Waals surface area contributed by atoms with Crippen LogP contribution in [0.2, 0.25) is 0 Å². The highest BCUT2D eigenvalue weighted by Crippen LogP contribution is 2.30. The van der Waals surface area contributed by atoms with Gasteiger partial charge in [0.1, 0.15) is 22.9 Å². The van der Waals surface area contributed by atoms with E-state index in [9.17, 15) is 9.18 Å². The molecule has 0 N–H and O–H groups in total. The maximum atomic E-state index is 13.6. The van der Waals surface area contributed by atoms with Gasteiger partial charge in [-0.05, 0) is 48.4 Å². The highest BCUT2D eigenvalue weighted by Gasteiger charge is 2.24. The Labute approximate surface area is 189 Å². The first-order valence-electron chi connectivity index (χ1n) is 11.0. The average Bonchev–Trinajstić information content (AvgIpc) is 3.23. The molecular formula is C26H31FN2O3. The smallest absolute Gasteiger partial charge is 0.261 e. The van der Waals surface area contributed by atoms with Crippen LogP contribution in [0, 0.1) is 5.82 Å². The molecule has 3 rings (SSSR count). The molecule has 0 fully saturated rings. The molecule has 0 atom stereocenters. The summed E-state index contributed by atoms with van der Waals surface area (Å²) in [6, 6.07) is 15.9. The number of carbonyl (C=O) groups excluding carboxylic acids is 1. The van der Waals surface area contributed by atoms with E-state index < -0.39 is 0 Å². The third kappa shape index (κ3) is 5.69. The standard InChI is InChI=1S/C26H31FN2O3/c1-4-5-6-15-29(26(30)25-23(31-2)13-8-14-24(25)32-3)19-22-12-9-16-28(22)18-20-10-7-11-21(27)17-20/h7-14,16-17H,4-6,15,18-19H2,1-3H3. The van der Waals surface area contributed by atoms with Gasteiger partial charge in [-0.3, -0.25) is 4.79 Å². The molecule has 5 nitrogen and oxygen atoms in total. The molecule has 6 heteroatoms. The lowest BCUT2D eigenvalue weighted by molar-refractivity contribution is 0.0729. The van der Waals surface area contributed by atoms with Crippen LogP contribution in [0.3, 0.4) is 0 Å². The summed E-state index contributed by atoms with van der Waals surface area (Å²) < 4.78 is 26.6. The molecule has 0 unspecified atom stereocenters. The minimum atomic E-state index is -0.254. The number of benzene rings is 2. The number of nitrogens with zero attached hydrogens (tertiary/aromatic N) is 2. The lowest BCUT2D eigenvalue weighted by atomic mass is 10.1. The number of ether oxygens (including phenoxy) is 2. The van der Waals surface area contributed by atoms with Gasteiger partial charge in [0, 0.05) is 25.0 Å². The van der Waals surface area contributed by atoms with Crippen molar-refractivity contribution in [1.29, 1.82) is 0 Å². The second kappa shape index (κ2) is 11.4. The van der Waals surface area contributed by atoms with Crippen molar-refractivity contribution in [1.82, 2.24) is 9.47 Å². The summed E-state index contributed by atoms with van der Waals surface area (Å²) in [4.78, 5) is 15.5. The van der Waals surface area contributed by atoms with Crippen LogP contribution in [0.4, 0.5) is 4.39 Å². The van der Waals surface area contributed by atoms with Gasteiger partial charge in [0.25, 0.3) is 5.91 Å². The number of aromatic nitrogens is 1. The Morgan fingerprint density at radius 1 is 1.00 bits per heavy atom. The van der Waals surface area contributed by atoms with Gasteiger partial charge >= 0.3 is 0 Å². The van der Waals surface area contributed by atoms with E-state index in [1.807, 2.05) is 33.9 Å². The summed E-state index contributed by atoms with van der Waals surface area (Å²) in [5.41, 5.74) is 2.28. The Morgan fingerprint density at radius 2 is 1.72 bits per heavy atom. The van der Waals surface area contributed by atoms with Crippen LogP contribution >= 0.6 is 0 Å². The molecule has 0 aliphatic heterocycles. The van der Waals surface area contributed by atoms with Crippen LogP contribution < -0.4 is 9.47 Å². The monoisotopic (exact) mass is 438 g/mol. The molecule has 0 saturated carbocycles. The predicted octanol–water partition coefficient (Wildman–Crippen LogP) is 5.53. The number of hydrogen-bond acceptors (Lipinski definition) is 3. The van der Waals surface area contributed by atoms with Crippen molar-refractivity contribution in [3.63, 3.8) is 0 Å². The van der Waals surface area contributed by atoms with Crippen LogP contribution in [0.1, 0.15) is 47.8 Å². The minimum absolute atomic E-state index is 0.131. The molecule has 0 radical (unpaired) electrons. The van der Waals surface area contributed by atoms with Crippen molar-refractivity contribution in [2.24, 2.45) is 0 Å². The summed E-state index contributed by atoms with van der Waals surface area (Å²) in [5.74, 6) is 0.597. The summed E-state index contributed by atoms with van der Waals surface area (Å²) in [5, 5.41) is 0. The molecule has 3 aromatic rings. The molecule has 1 aromatic heterocycles. The highest BCUT2D eigenvalue weighted by atomic mass is 19.1. The first-order chi connectivity index (χ1) is 15.6. The van der Waals surface area contributed by atoms with Crippen LogP contribution in [0.25, 0.3) is 0 Å². The van der Waals surface area contributed by atoms with E-state index in [4.69, 9.17) is 9.47 Å². The lowest BCUT2D eigenvalue weighted by Gasteiger charge is -2.25. The SMILES string of the molecule is CCCCCN(Cc1cccn1Cc1cccc(F)c1)C(=O)c1c(OC)cccc1OC. The zero-order valence-electron chi connectivity index (χ0n) is 19.0. The van der Waals surface area contributed by atoms with Crippen molar-refractivity contribution in [3.05, 3.63) is 83.4 Å². The van der Waals surface area contributed by atoms with Gasteiger partial charge in [-0.2, -0.15) is 0 Å². The molecule has 0 saturated heterocycles. The molecule has 1 heterocycles. The first-order valence-corrected chi connectivity index (χ1v) is 11.0. The number of unbranched alkanes of at least 4 members (excludes halogenated alkanes) is 2. The Balaban J connectivity index is 1.88. The Bertz CT molecular complexity index is 1010. The van der Waals surface area contributed by atoms with Crippen molar-refractivity contribution >= 4 is 5.91 Å². The van der Waals surface area contributed by atoms with E-state index in [-0.39, 0.29) is 11.7 Å². The van der Waals surface area contributed by atoms with Gasteiger partial charge in [-0.25, -0.2) is 4.39 Å². The van der Waals surface area contributed by atoms with Crippen molar-refractivity contribution in [3.8, 4) is 11.5 Å². The zero-order valence-corrected chi connectivity index (χ0v) is 19.0. The Hall–Kier alpha value is -3.28. The van der Waals surface area contributed by atoms with Crippen LogP contribution in [-0.4, -0.2) is 36.1 Å². The summed E-state index contributed by atoms with van der Waals surface area (Å²) in [7, 11) is 3.11. The minimum Gasteiger partial charge on any atom is -0.496 e. The number of methoxy groups -OCH3 is 2. The molecule has 170 valence electrons. The van der Waals surface area contributed by atoms with Crippen LogP contribution in [0.15, 0.2) is 60.8 Å². The molecule has 0 aliphatic carbocycles. The topological polar surface area (TPSA) is 43.7 Å². The van der Waals surface area contributed by atoms with E-state index in [0.29, 0.717) is 36.7 Å². The summed E-state index contributed by atoms with van der Waals surface area (Å²) in [6.45, 7) is 3.74. The number of carbonyl (C=O) groups is 1. The maximum Gasteiger partial charge on any atom is 0.261 e. The van der Waals surface area contributed by atoms with Crippen LogP contribution in [0.5, 0.6) is 11.5 Å². The summed E-state index contributed by atoms with van der Waals surface area (Å²) >= 11 is 0. The fourth-order valence-corrected chi connectivity index (χ4v) is 3.80. The number of amides is 1. The first kappa shape index (κ1) is 23.4. The van der Waals surface area contributed by atoms with Crippen molar-refractivity contribution in [2.75, 3.05) is 20.8 Å². The third-order valence-electron chi connectivity index (χ3n) is 5.48. The van der Waals surface area contributed by atoms with Crippen LogP contribution in [-0.2, 0) is 13.1 Å². The fraction of sp³-hybridized carbons (Fsp3) is 0.346. The predicted molar refractivity (Wildman–Crippen MR) is 124 cm³/mol. The average molecular weight is 439 g/mol. The quantitative estimate of drug-likeness (QED) is 0.370. The summed E-state index contributed by atoms with van der Waals surface area (Å²) in [6.07, 6.45) is 4.97. The van der Waals surface area contributed by atoms with Gasteiger partial charge in [0.05, 0.1) is 20.8 Å². The van der Waals surface area contributed by atoms with E-state index in [1.54, 1.807) is 38.5 Å². The highest BCUT2D eigenvalue weighted by molar-refractivity contribution is 5.99. The lowest BCUT2D eigenvalue weighted by Crippen LogP contribution is -2.33. The zero-order chi connectivity index (χ0) is 22.9. The van der Waals surface area contributed by atoms with Gasteiger partial charge in [-0.15, -0.1) is 0 Å². The number of hydrogen-bond donors (Lipinski definition) is 0. The second-order valence-electron chi connectivity index (χ2n) is 7.73. The normalized spacial score (nSPS) is 10.8. The van der Waals surface area contributed by atoms with Crippen molar-refractivity contribution in [2.45, 2.75) is 39.3 Å². The van der Waals surface area contributed by atoms with Crippen molar-refractivity contribution < 1.29 is 18.7 Å². The Kier molecular flexibility index (Phi) is 8.31.